The Bertz CT molecular complexity index is 412. The van der Waals surface area contributed by atoms with E-state index in [2.05, 4.69) is 19.2 Å². The fourth-order valence-corrected chi connectivity index (χ4v) is 2.99. The molecule has 1 saturated carbocycles. The van der Waals surface area contributed by atoms with Crippen LogP contribution >= 0.6 is 0 Å². The van der Waals surface area contributed by atoms with Crippen molar-refractivity contribution in [3.63, 3.8) is 0 Å². The Morgan fingerprint density at radius 1 is 1.16 bits per heavy atom. The molecule has 0 amide bonds. The van der Waals surface area contributed by atoms with Crippen molar-refractivity contribution in [1.82, 2.24) is 5.32 Å². The number of benzene rings is 1. The van der Waals surface area contributed by atoms with Crippen molar-refractivity contribution in [3.05, 3.63) is 23.8 Å². The summed E-state index contributed by atoms with van der Waals surface area (Å²) in [5.41, 5.74) is 1.06. The van der Waals surface area contributed by atoms with E-state index < -0.39 is 0 Å². The topological polar surface area (TPSA) is 52.5 Å². The molecule has 2 rings (SSSR count). The van der Waals surface area contributed by atoms with E-state index in [4.69, 9.17) is 0 Å². The van der Waals surface area contributed by atoms with Gasteiger partial charge in [-0.05, 0) is 50.2 Å². The van der Waals surface area contributed by atoms with Crippen LogP contribution in [0.2, 0.25) is 0 Å². The van der Waals surface area contributed by atoms with E-state index in [-0.39, 0.29) is 17.5 Å². The highest BCUT2D eigenvalue weighted by molar-refractivity contribution is 5.44. The molecule has 1 unspecified atom stereocenters. The normalized spacial score (nSPS) is 21.2. The summed E-state index contributed by atoms with van der Waals surface area (Å²) >= 11 is 0. The summed E-state index contributed by atoms with van der Waals surface area (Å²) in [5, 5.41) is 23.3. The summed E-state index contributed by atoms with van der Waals surface area (Å²) < 4.78 is 0. The van der Waals surface area contributed by atoms with Gasteiger partial charge < -0.3 is 15.5 Å². The second-order valence-corrected chi connectivity index (χ2v) is 6.54. The minimum atomic E-state index is -0.0348. The Morgan fingerprint density at radius 2 is 1.68 bits per heavy atom. The van der Waals surface area contributed by atoms with Crippen molar-refractivity contribution in [1.29, 1.82) is 0 Å². The first-order valence-electron chi connectivity index (χ1n) is 7.16. The maximum Gasteiger partial charge on any atom is 0.124 e. The van der Waals surface area contributed by atoms with Crippen LogP contribution in [0.4, 0.5) is 0 Å². The van der Waals surface area contributed by atoms with E-state index in [9.17, 15) is 10.2 Å². The molecule has 1 aliphatic carbocycles. The lowest BCUT2D eigenvalue weighted by atomic mass is 9.75. The molecular weight excluding hydrogens is 238 g/mol. The fourth-order valence-electron chi connectivity index (χ4n) is 2.99. The van der Waals surface area contributed by atoms with Crippen LogP contribution in [0, 0.1) is 5.41 Å². The number of phenolic OH excluding ortho intramolecular Hbond substituents is 2. The maximum absolute atomic E-state index is 9.87. The maximum atomic E-state index is 9.87. The molecule has 0 aliphatic heterocycles. The number of nitrogens with one attached hydrogen (secondary N) is 1. The van der Waals surface area contributed by atoms with Gasteiger partial charge in [0.1, 0.15) is 11.5 Å². The van der Waals surface area contributed by atoms with Crippen molar-refractivity contribution < 1.29 is 10.2 Å². The molecule has 1 aromatic rings. The summed E-state index contributed by atoms with van der Waals surface area (Å²) in [4.78, 5) is 0. The van der Waals surface area contributed by atoms with Gasteiger partial charge in [0.05, 0.1) is 5.56 Å². The van der Waals surface area contributed by atoms with E-state index in [1.165, 1.54) is 12.8 Å². The second-order valence-electron chi connectivity index (χ2n) is 6.54. The molecule has 0 heterocycles. The van der Waals surface area contributed by atoms with Gasteiger partial charge in [-0.1, -0.05) is 19.9 Å². The SMILES string of the molecule is CC(NC1CCC(C)(C)CC1)c1c(O)cccc1O. The average molecular weight is 263 g/mol. The van der Waals surface area contributed by atoms with E-state index >= 15 is 0 Å². The molecule has 1 atom stereocenters. The summed E-state index contributed by atoms with van der Waals surface area (Å²) in [6, 6.07) is 5.34. The molecule has 1 aliphatic rings. The van der Waals surface area contributed by atoms with Crippen LogP contribution in [0.25, 0.3) is 0 Å². The Labute approximate surface area is 115 Å². The molecule has 3 nitrogen and oxygen atoms in total. The number of phenols is 2. The standard InChI is InChI=1S/C16H25NO2/c1-11(15-13(18)5-4-6-14(15)19)17-12-7-9-16(2,3)10-8-12/h4-6,11-12,17-19H,7-10H2,1-3H3. The van der Waals surface area contributed by atoms with E-state index in [1.807, 2.05) is 6.92 Å². The lowest BCUT2D eigenvalue weighted by Gasteiger charge is -2.36. The Kier molecular flexibility index (Phi) is 4.04. The van der Waals surface area contributed by atoms with Crippen LogP contribution in [0.15, 0.2) is 18.2 Å². The van der Waals surface area contributed by atoms with E-state index in [0.29, 0.717) is 17.0 Å². The van der Waals surface area contributed by atoms with Crippen LogP contribution in [-0.2, 0) is 0 Å². The Hall–Kier alpha value is -1.22. The molecule has 19 heavy (non-hydrogen) atoms. The van der Waals surface area contributed by atoms with Crippen LogP contribution < -0.4 is 5.32 Å². The van der Waals surface area contributed by atoms with Gasteiger partial charge >= 0.3 is 0 Å². The van der Waals surface area contributed by atoms with E-state index in [1.54, 1.807) is 18.2 Å². The predicted octanol–water partition coefficient (Wildman–Crippen LogP) is 3.72. The molecule has 1 aromatic carbocycles. The van der Waals surface area contributed by atoms with Crippen molar-refractivity contribution in [2.45, 2.75) is 58.5 Å². The third-order valence-electron chi connectivity index (χ3n) is 4.32. The molecule has 0 bridgehead atoms. The number of aromatic hydroxyl groups is 2. The molecule has 0 aromatic heterocycles. The predicted molar refractivity (Wildman–Crippen MR) is 77.4 cm³/mol. The van der Waals surface area contributed by atoms with Crippen LogP contribution in [0.1, 0.15) is 58.1 Å². The monoisotopic (exact) mass is 263 g/mol. The summed E-state index contributed by atoms with van der Waals surface area (Å²) in [5.74, 6) is 0.326. The molecule has 0 radical (unpaired) electrons. The largest absolute Gasteiger partial charge is 0.507 e. The zero-order valence-corrected chi connectivity index (χ0v) is 12.1. The fraction of sp³-hybridized carbons (Fsp3) is 0.625. The van der Waals surface area contributed by atoms with E-state index in [0.717, 1.165) is 12.8 Å². The number of hydrogen-bond donors (Lipinski definition) is 3. The third kappa shape index (κ3) is 3.41. The highest BCUT2D eigenvalue weighted by Gasteiger charge is 2.28. The van der Waals surface area contributed by atoms with Crippen LogP contribution in [-0.4, -0.2) is 16.3 Å². The zero-order chi connectivity index (χ0) is 14.0. The quantitative estimate of drug-likeness (QED) is 0.779. The van der Waals surface area contributed by atoms with Crippen LogP contribution in [0.3, 0.4) is 0 Å². The van der Waals surface area contributed by atoms with Gasteiger partial charge in [0, 0.05) is 12.1 Å². The number of rotatable bonds is 3. The molecule has 106 valence electrons. The molecule has 1 fully saturated rings. The first-order chi connectivity index (χ1) is 8.89. The zero-order valence-electron chi connectivity index (χ0n) is 12.1. The molecular formula is C16H25NO2. The highest BCUT2D eigenvalue weighted by Crippen LogP contribution is 2.37. The minimum absolute atomic E-state index is 0.0348. The second kappa shape index (κ2) is 5.41. The van der Waals surface area contributed by atoms with Crippen molar-refractivity contribution >= 4 is 0 Å². The van der Waals surface area contributed by atoms with Crippen LogP contribution in [0.5, 0.6) is 11.5 Å². The van der Waals surface area contributed by atoms with Gasteiger partial charge in [0.2, 0.25) is 0 Å². The van der Waals surface area contributed by atoms with Crippen molar-refractivity contribution in [2.75, 3.05) is 0 Å². The van der Waals surface area contributed by atoms with Gasteiger partial charge in [-0.3, -0.25) is 0 Å². The summed E-state index contributed by atoms with van der Waals surface area (Å²) in [6.07, 6.45) is 4.77. The van der Waals surface area contributed by atoms with Crippen molar-refractivity contribution in [2.24, 2.45) is 5.41 Å². The molecule has 3 N–H and O–H groups in total. The van der Waals surface area contributed by atoms with Gasteiger partial charge in [0.15, 0.2) is 0 Å². The smallest absolute Gasteiger partial charge is 0.124 e. The third-order valence-corrected chi connectivity index (χ3v) is 4.32. The highest BCUT2D eigenvalue weighted by atomic mass is 16.3. The summed E-state index contributed by atoms with van der Waals surface area (Å²) in [7, 11) is 0. The number of hydrogen-bond acceptors (Lipinski definition) is 3. The molecule has 0 saturated heterocycles. The van der Waals surface area contributed by atoms with Gasteiger partial charge in [-0.25, -0.2) is 0 Å². The average Bonchev–Trinajstić information content (AvgIpc) is 2.32. The Morgan fingerprint density at radius 3 is 2.21 bits per heavy atom. The molecule has 3 heteroatoms. The lowest BCUT2D eigenvalue weighted by Crippen LogP contribution is -2.37. The van der Waals surface area contributed by atoms with Gasteiger partial charge in [0.25, 0.3) is 0 Å². The van der Waals surface area contributed by atoms with Gasteiger partial charge in [-0.15, -0.1) is 0 Å². The van der Waals surface area contributed by atoms with Gasteiger partial charge in [-0.2, -0.15) is 0 Å². The first-order valence-corrected chi connectivity index (χ1v) is 7.16. The molecule has 0 spiro atoms. The lowest BCUT2D eigenvalue weighted by molar-refractivity contribution is 0.199. The first kappa shape index (κ1) is 14.2. The Balaban J connectivity index is 2.00. The summed E-state index contributed by atoms with van der Waals surface area (Å²) in [6.45, 7) is 6.64. The van der Waals surface area contributed by atoms with Crippen molar-refractivity contribution in [3.8, 4) is 11.5 Å². The minimum Gasteiger partial charge on any atom is -0.507 e.